The van der Waals surface area contributed by atoms with Crippen molar-refractivity contribution >= 4 is 12.4 Å². The topological polar surface area (TPSA) is 12.0 Å². The molecule has 18 heavy (non-hydrogen) atoms. The highest BCUT2D eigenvalue weighted by atomic mass is 35.5. The second kappa shape index (κ2) is 6.58. The van der Waals surface area contributed by atoms with Crippen molar-refractivity contribution in [1.82, 2.24) is 5.32 Å². The van der Waals surface area contributed by atoms with Gasteiger partial charge in [-0.05, 0) is 54.8 Å². The molecule has 0 saturated carbocycles. The van der Waals surface area contributed by atoms with E-state index in [9.17, 15) is 0 Å². The number of hydrogen-bond acceptors (Lipinski definition) is 1. The van der Waals surface area contributed by atoms with E-state index in [2.05, 4.69) is 50.4 Å². The first kappa shape index (κ1) is 15.5. The van der Waals surface area contributed by atoms with E-state index < -0.39 is 0 Å². The van der Waals surface area contributed by atoms with E-state index >= 15 is 0 Å². The van der Waals surface area contributed by atoms with E-state index in [1.165, 1.54) is 43.5 Å². The zero-order chi connectivity index (χ0) is 12.3. The Hall–Kier alpha value is -0.530. The Morgan fingerprint density at radius 3 is 2.33 bits per heavy atom. The molecule has 0 bridgehead atoms. The first-order chi connectivity index (χ1) is 8.05. The molecule has 1 aliphatic rings. The molecule has 0 spiro atoms. The lowest BCUT2D eigenvalue weighted by atomic mass is 9.85. The quantitative estimate of drug-likeness (QED) is 0.856. The van der Waals surface area contributed by atoms with Gasteiger partial charge in [0.05, 0.1) is 0 Å². The van der Waals surface area contributed by atoms with Gasteiger partial charge in [0.15, 0.2) is 0 Å². The molecule has 1 fully saturated rings. The summed E-state index contributed by atoms with van der Waals surface area (Å²) in [6, 6.07) is 9.22. The predicted octanol–water partition coefficient (Wildman–Crippen LogP) is 3.95. The van der Waals surface area contributed by atoms with Gasteiger partial charge in [-0.25, -0.2) is 0 Å². The molecule has 1 nitrogen and oxygen atoms in total. The van der Waals surface area contributed by atoms with E-state index in [1.807, 2.05) is 0 Å². The molecular weight excluding hydrogens is 242 g/mol. The van der Waals surface area contributed by atoms with Crippen LogP contribution in [0.5, 0.6) is 0 Å². The minimum atomic E-state index is 0. The summed E-state index contributed by atoms with van der Waals surface area (Å²) in [5.74, 6) is 0.837. The SMILES string of the molecule is CC(C)(C)c1ccc(CC2CCCNC2)cc1.Cl. The van der Waals surface area contributed by atoms with Crippen molar-refractivity contribution in [3.63, 3.8) is 0 Å². The Labute approximate surface area is 118 Å². The van der Waals surface area contributed by atoms with E-state index in [-0.39, 0.29) is 17.8 Å². The average Bonchev–Trinajstić information content (AvgIpc) is 2.30. The molecule has 1 aromatic carbocycles. The molecule has 2 heteroatoms. The normalized spacial score (nSPS) is 20.3. The molecule has 1 saturated heterocycles. The van der Waals surface area contributed by atoms with E-state index in [0.29, 0.717) is 0 Å². The van der Waals surface area contributed by atoms with Crippen molar-refractivity contribution < 1.29 is 0 Å². The largest absolute Gasteiger partial charge is 0.316 e. The number of hydrogen-bond donors (Lipinski definition) is 1. The van der Waals surface area contributed by atoms with Crippen molar-refractivity contribution in [2.24, 2.45) is 5.92 Å². The number of halogens is 1. The summed E-state index contributed by atoms with van der Waals surface area (Å²) in [7, 11) is 0. The van der Waals surface area contributed by atoms with Crippen LogP contribution in [0.3, 0.4) is 0 Å². The van der Waals surface area contributed by atoms with Gasteiger partial charge in [-0.15, -0.1) is 12.4 Å². The maximum Gasteiger partial charge on any atom is -0.00173 e. The van der Waals surface area contributed by atoms with Crippen LogP contribution in [0, 0.1) is 5.92 Å². The number of nitrogens with one attached hydrogen (secondary N) is 1. The minimum Gasteiger partial charge on any atom is -0.316 e. The van der Waals surface area contributed by atoms with Gasteiger partial charge >= 0.3 is 0 Å². The lowest BCUT2D eigenvalue weighted by Gasteiger charge is -2.23. The summed E-state index contributed by atoms with van der Waals surface area (Å²) in [5.41, 5.74) is 3.19. The van der Waals surface area contributed by atoms with Gasteiger partial charge in [0.1, 0.15) is 0 Å². The Bertz CT molecular complexity index is 344. The van der Waals surface area contributed by atoms with Gasteiger partial charge in [-0.3, -0.25) is 0 Å². The molecule has 1 unspecified atom stereocenters. The Kier molecular flexibility index (Phi) is 5.68. The second-order valence-electron chi connectivity index (χ2n) is 6.36. The van der Waals surface area contributed by atoms with Crippen LogP contribution >= 0.6 is 12.4 Å². The summed E-state index contributed by atoms with van der Waals surface area (Å²) in [5, 5.41) is 3.49. The van der Waals surface area contributed by atoms with Crippen LogP contribution in [-0.2, 0) is 11.8 Å². The third kappa shape index (κ3) is 4.29. The van der Waals surface area contributed by atoms with Crippen LogP contribution in [0.25, 0.3) is 0 Å². The first-order valence-electron chi connectivity index (χ1n) is 6.86. The highest BCUT2D eigenvalue weighted by Gasteiger charge is 2.15. The van der Waals surface area contributed by atoms with Crippen LogP contribution in [0.4, 0.5) is 0 Å². The number of benzene rings is 1. The average molecular weight is 268 g/mol. The van der Waals surface area contributed by atoms with E-state index in [0.717, 1.165) is 5.92 Å². The summed E-state index contributed by atoms with van der Waals surface area (Å²) in [6.07, 6.45) is 3.95. The van der Waals surface area contributed by atoms with Crippen LogP contribution in [0.1, 0.15) is 44.7 Å². The summed E-state index contributed by atoms with van der Waals surface area (Å²) in [6.45, 7) is 9.22. The Balaban J connectivity index is 0.00000162. The van der Waals surface area contributed by atoms with Gasteiger partial charge in [-0.2, -0.15) is 0 Å². The molecule has 102 valence electrons. The standard InChI is InChI=1S/C16H25N.ClH/c1-16(2,3)15-8-6-13(7-9-15)11-14-5-4-10-17-12-14;/h6-9,14,17H,4-5,10-12H2,1-3H3;1H. The molecule has 1 atom stereocenters. The smallest absolute Gasteiger partial charge is 0.00173 e. The summed E-state index contributed by atoms with van der Waals surface area (Å²) in [4.78, 5) is 0. The molecule has 1 aliphatic heterocycles. The molecule has 0 amide bonds. The van der Waals surface area contributed by atoms with Crippen LogP contribution in [0.2, 0.25) is 0 Å². The fourth-order valence-electron chi connectivity index (χ4n) is 2.57. The van der Waals surface area contributed by atoms with Crippen molar-refractivity contribution in [1.29, 1.82) is 0 Å². The lowest BCUT2D eigenvalue weighted by molar-refractivity contribution is 0.376. The van der Waals surface area contributed by atoms with Gasteiger partial charge in [0.2, 0.25) is 0 Å². The van der Waals surface area contributed by atoms with Gasteiger partial charge in [-0.1, -0.05) is 45.0 Å². The fraction of sp³-hybridized carbons (Fsp3) is 0.625. The second-order valence-corrected chi connectivity index (χ2v) is 6.36. The highest BCUT2D eigenvalue weighted by molar-refractivity contribution is 5.85. The van der Waals surface area contributed by atoms with Gasteiger partial charge in [0.25, 0.3) is 0 Å². The lowest BCUT2D eigenvalue weighted by Crippen LogP contribution is -2.30. The maximum atomic E-state index is 3.49. The third-order valence-corrected chi connectivity index (χ3v) is 3.74. The van der Waals surface area contributed by atoms with Gasteiger partial charge < -0.3 is 5.32 Å². The molecule has 0 radical (unpaired) electrons. The molecule has 0 aliphatic carbocycles. The Morgan fingerprint density at radius 2 is 1.83 bits per heavy atom. The van der Waals surface area contributed by atoms with Crippen molar-refractivity contribution in [3.05, 3.63) is 35.4 Å². The molecule has 0 aromatic heterocycles. The van der Waals surface area contributed by atoms with Crippen LogP contribution in [0.15, 0.2) is 24.3 Å². The fourth-order valence-corrected chi connectivity index (χ4v) is 2.57. The Morgan fingerprint density at radius 1 is 1.17 bits per heavy atom. The van der Waals surface area contributed by atoms with Crippen molar-refractivity contribution in [3.8, 4) is 0 Å². The molecular formula is C16H26ClN. The monoisotopic (exact) mass is 267 g/mol. The molecule has 1 heterocycles. The maximum absolute atomic E-state index is 3.49. The summed E-state index contributed by atoms with van der Waals surface area (Å²) >= 11 is 0. The van der Waals surface area contributed by atoms with E-state index in [4.69, 9.17) is 0 Å². The number of rotatable bonds is 2. The summed E-state index contributed by atoms with van der Waals surface area (Å²) < 4.78 is 0. The van der Waals surface area contributed by atoms with E-state index in [1.54, 1.807) is 0 Å². The van der Waals surface area contributed by atoms with Crippen LogP contribution < -0.4 is 5.32 Å². The zero-order valence-electron chi connectivity index (χ0n) is 11.8. The predicted molar refractivity (Wildman–Crippen MR) is 81.7 cm³/mol. The first-order valence-corrected chi connectivity index (χ1v) is 6.86. The third-order valence-electron chi connectivity index (χ3n) is 3.74. The van der Waals surface area contributed by atoms with Crippen LogP contribution in [-0.4, -0.2) is 13.1 Å². The van der Waals surface area contributed by atoms with Crippen molar-refractivity contribution in [2.75, 3.05) is 13.1 Å². The van der Waals surface area contributed by atoms with Gasteiger partial charge in [0, 0.05) is 0 Å². The van der Waals surface area contributed by atoms with Crippen molar-refractivity contribution in [2.45, 2.75) is 45.4 Å². The number of piperidine rings is 1. The molecule has 2 rings (SSSR count). The highest BCUT2D eigenvalue weighted by Crippen LogP contribution is 2.23. The molecule has 1 aromatic rings. The zero-order valence-corrected chi connectivity index (χ0v) is 12.6. The minimum absolute atomic E-state index is 0. The molecule has 1 N–H and O–H groups in total.